The van der Waals surface area contributed by atoms with Crippen LogP contribution < -0.4 is 5.32 Å². The van der Waals surface area contributed by atoms with Crippen molar-refractivity contribution in [3.63, 3.8) is 0 Å². The summed E-state index contributed by atoms with van der Waals surface area (Å²) in [6, 6.07) is 11.5. The SMILES string of the molecule is CC1CCc2c(sc(NC(=O)c3nn4c(C(F)(F)F)cc(-c5ccccc5)nc4c3Br)c2C#N)C1. The first-order valence-electron chi connectivity index (χ1n) is 10.7. The number of fused-ring (bicyclic) bond motifs is 2. The van der Waals surface area contributed by atoms with E-state index in [1.54, 1.807) is 30.3 Å². The molecule has 1 amide bonds. The van der Waals surface area contributed by atoms with Gasteiger partial charge in [0.25, 0.3) is 5.91 Å². The van der Waals surface area contributed by atoms with Crippen molar-refractivity contribution >= 4 is 43.8 Å². The largest absolute Gasteiger partial charge is 0.433 e. The number of carbonyl (C=O) groups is 1. The summed E-state index contributed by atoms with van der Waals surface area (Å²) in [6.45, 7) is 2.13. The van der Waals surface area contributed by atoms with Crippen LogP contribution in [0.4, 0.5) is 18.2 Å². The minimum absolute atomic E-state index is 0.0340. The number of nitrogens with zero attached hydrogens (tertiary/aromatic N) is 4. The Bertz CT molecular complexity index is 1500. The zero-order valence-corrected chi connectivity index (χ0v) is 20.7. The number of nitrogens with one attached hydrogen (secondary N) is 1. The number of anilines is 1. The van der Waals surface area contributed by atoms with Gasteiger partial charge in [-0.05, 0) is 52.7 Å². The van der Waals surface area contributed by atoms with Crippen molar-refractivity contribution in [2.45, 2.75) is 32.4 Å². The zero-order valence-electron chi connectivity index (χ0n) is 18.3. The number of aromatic nitrogens is 3. The molecule has 1 aromatic carbocycles. The molecular formula is C24H17BrF3N5OS. The first kappa shape index (κ1) is 23.5. The van der Waals surface area contributed by atoms with Gasteiger partial charge in [0.2, 0.25) is 0 Å². The van der Waals surface area contributed by atoms with Crippen LogP contribution in [0.25, 0.3) is 16.9 Å². The molecule has 35 heavy (non-hydrogen) atoms. The van der Waals surface area contributed by atoms with Crippen molar-refractivity contribution in [3.05, 3.63) is 68.3 Å². The Kier molecular flexibility index (Phi) is 5.89. The van der Waals surface area contributed by atoms with Gasteiger partial charge < -0.3 is 5.32 Å². The van der Waals surface area contributed by atoms with Gasteiger partial charge in [-0.25, -0.2) is 9.50 Å². The van der Waals surface area contributed by atoms with Crippen LogP contribution in [0.3, 0.4) is 0 Å². The summed E-state index contributed by atoms with van der Waals surface area (Å²) in [6.07, 6.45) is -2.20. The molecule has 1 N–H and O–H groups in total. The highest BCUT2D eigenvalue weighted by molar-refractivity contribution is 9.10. The molecule has 11 heteroatoms. The minimum Gasteiger partial charge on any atom is -0.311 e. The topological polar surface area (TPSA) is 83.1 Å². The zero-order chi connectivity index (χ0) is 24.9. The molecule has 1 unspecified atom stereocenters. The van der Waals surface area contributed by atoms with Crippen LogP contribution in [0.5, 0.6) is 0 Å². The molecule has 0 spiro atoms. The summed E-state index contributed by atoms with van der Waals surface area (Å²) in [7, 11) is 0. The van der Waals surface area contributed by atoms with Gasteiger partial charge in [-0.2, -0.15) is 23.5 Å². The van der Waals surface area contributed by atoms with E-state index in [0.29, 0.717) is 26.6 Å². The van der Waals surface area contributed by atoms with Crippen LogP contribution in [-0.4, -0.2) is 20.5 Å². The van der Waals surface area contributed by atoms with Crippen molar-refractivity contribution in [1.82, 2.24) is 14.6 Å². The predicted octanol–water partition coefficient (Wildman–Crippen LogP) is 6.49. The van der Waals surface area contributed by atoms with E-state index in [0.717, 1.165) is 35.8 Å². The number of benzene rings is 1. The van der Waals surface area contributed by atoms with Crippen molar-refractivity contribution in [2.75, 3.05) is 5.32 Å². The lowest BCUT2D eigenvalue weighted by Gasteiger charge is -2.17. The van der Waals surface area contributed by atoms with E-state index >= 15 is 0 Å². The second kappa shape index (κ2) is 8.77. The van der Waals surface area contributed by atoms with Gasteiger partial charge in [-0.3, -0.25) is 4.79 Å². The fourth-order valence-corrected chi connectivity index (χ4v) is 6.09. The Morgan fingerprint density at radius 1 is 1.31 bits per heavy atom. The number of hydrogen-bond acceptors (Lipinski definition) is 5. The van der Waals surface area contributed by atoms with Gasteiger partial charge in [0.1, 0.15) is 11.1 Å². The molecule has 3 aromatic heterocycles. The molecule has 6 nitrogen and oxygen atoms in total. The molecular weight excluding hydrogens is 543 g/mol. The highest BCUT2D eigenvalue weighted by Crippen LogP contribution is 2.40. The molecule has 0 fully saturated rings. The van der Waals surface area contributed by atoms with Crippen LogP contribution in [0, 0.1) is 17.2 Å². The third-order valence-electron chi connectivity index (χ3n) is 5.96. The summed E-state index contributed by atoms with van der Waals surface area (Å²) in [5, 5.41) is 16.7. The van der Waals surface area contributed by atoms with E-state index in [1.807, 2.05) is 0 Å². The van der Waals surface area contributed by atoms with Crippen LogP contribution in [0.1, 0.15) is 45.5 Å². The summed E-state index contributed by atoms with van der Waals surface area (Å²) in [5.41, 5.74) is 0.500. The van der Waals surface area contributed by atoms with Gasteiger partial charge in [0, 0.05) is 10.4 Å². The molecule has 178 valence electrons. The Morgan fingerprint density at radius 3 is 2.74 bits per heavy atom. The Balaban J connectivity index is 1.59. The first-order chi connectivity index (χ1) is 16.7. The standard InChI is InChI=1S/C24H17BrF3N5OS/c1-12-7-8-14-15(11-29)23(35-17(14)9-12)31-22(34)20-19(25)21-30-16(13-5-3-2-4-6-13)10-18(24(26,27)28)33(21)32-20/h2-6,10,12H,7-9H2,1H3,(H,31,34). The summed E-state index contributed by atoms with van der Waals surface area (Å²) >= 11 is 4.57. The molecule has 1 aliphatic carbocycles. The smallest absolute Gasteiger partial charge is 0.311 e. The lowest BCUT2D eigenvalue weighted by atomic mass is 9.89. The van der Waals surface area contributed by atoms with E-state index in [4.69, 9.17) is 0 Å². The molecule has 3 heterocycles. The van der Waals surface area contributed by atoms with Crippen LogP contribution >= 0.6 is 27.3 Å². The Hall–Kier alpha value is -3.23. The Labute approximate surface area is 210 Å². The van der Waals surface area contributed by atoms with Gasteiger partial charge in [-0.15, -0.1) is 11.3 Å². The van der Waals surface area contributed by atoms with Crippen LogP contribution in [0.15, 0.2) is 40.9 Å². The van der Waals surface area contributed by atoms with Crippen LogP contribution in [-0.2, 0) is 19.0 Å². The molecule has 1 atom stereocenters. The number of thiophene rings is 1. The average molecular weight is 560 g/mol. The van der Waals surface area contributed by atoms with E-state index in [9.17, 15) is 23.2 Å². The second-order valence-electron chi connectivity index (χ2n) is 8.41. The van der Waals surface area contributed by atoms with Crippen molar-refractivity contribution in [3.8, 4) is 17.3 Å². The highest BCUT2D eigenvalue weighted by Gasteiger charge is 2.37. The molecule has 1 aliphatic rings. The first-order valence-corrected chi connectivity index (χ1v) is 12.4. The molecule has 4 aromatic rings. The second-order valence-corrected chi connectivity index (χ2v) is 10.3. The summed E-state index contributed by atoms with van der Waals surface area (Å²) in [5.74, 6) is -0.241. The number of nitriles is 1. The van der Waals surface area contributed by atoms with Gasteiger partial charge in [0.05, 0.1) is 15.7 Å². The fraction of sp³-hybridized carbons (Fsp3) is 0.250. The third kappa shape index (κ3) is 4.21. The third-order valence-corrected chi connectivity index (χ3v) is 7.86. The van der Waals surface area contributed by atoms with E-state index in [2.05, 4.69) is 44.3 Å². The number of amides is 1. The van der Waals surface area contributed by atoms with E-state index < -0.39 is 17.8 Å². The molecule has 0 saturated carbocycles. The molecule has 0 aliphatic heterocycles. The van der Waals surface area contributed by atoms with Crippen molar-refractivity contribution in [2.24, 2.45) is 5.92 Å². The number of carbonyl (C=O) groups excluding carboxylic acids is 1. The highest BCUT2D eigenvalue weighted by atomic mass is 79.9. The van der Waals surface area contributed by atoms with Crippen molar-refractivity contribution < 1.29 is 18.0 Å². The molecule has 0 bridgehead atoms. The fourth-order valence-electron chi connectivity index (χ4n) is 4.21. The van der Waals surface area contributed by atoms with Gasteiger partial charge in [-0.1, -0.05) is 37.3 Å². The minimum atomic E-state index is -4.73. The van der Waals surface area contributed by atoms with Crippen LogP contribution in [0.2, 0.25) is 0 Å². The average Bonchev–Trinajstić information content (AvgIpc) is 3.34. The maximum absolute atomic E-state index is 13.9. The lowest BCUT2D eigenvalue weighted by Crippen LogP contribution is -2.16. The van der Waals surface area contributed by atoms with Crippen molar-refractivity contribution in [1.29, 1.82) is 5.26 Å². The predicted molar refractivity (Wildman–Crippen MR) is 129 cm³/mol. The lowest BCUT2D eigenvalue weighted by molar-refractivity contribution is -0.142. The maximum atomic E-state index is 13.9. The van der Waals surface area contributed by atoms with E-state index in [1.165, 1.54) is 11.3 Å². The summed E-state index contributed by atoms with van der Waals surface area (Å²) in [4.78, 5) is 18.5. The number of hydrogen-bond donors (Lipinski definition) is 1. The summed E-state index contributed by atoms with van der Waals surface area (Å²) < 4.78 is 42.4. The number of halogens is 4. The number of rotatable bonds is 3. The number of alkyl halides is 3. The monoisotopic (exact) mass is 559 g/mol. The molecule has 0 radical (unpaired) electrons. The normalized spacial score (nSPS) is 15.6. The molecule has 5 rings (SSSR count). The van der Waals surface area contributed by atoms with Gasteiger partial charge in [0.15, 0.2) is 17.0 Å². The Morgan fingerprint density at radius 2 is 2.06 bits per heavy atom. The molecule has 0 saturated heterocycles. The van der Waals surface area contributed by atoms with Gasteiger partial charge >= 0.3 is 6.18 Å². The quantitative estimate of drug-likeness (QED) is 0.311. The van der Waals surface area contributed by atoms with E-state index in [-0.39, 0.29) is 21.5 Å². The maximum Gasteiger partial charge on any atom is 0.433 e.